The van der Waals surface area contributed by atoms with Crippen molar-refractivity contribution in [2.75, 3.05) is 33.4 Å². The van der Waals surface area contributed by atoms with Crippen molar-refractivity contribution in [3.8, 4) is 11.5 Å². The molecule has 0 N–H and O–H groups in total. The van der Waals surface area contributed by atoms with Crippen molar-refractivity contribution < 1.29 is 35.8 Å². The predicted molar refractivity (Wildman–Crippen MR) is 112 cm³/mol. The van der Waals surface area contributed by atoms with Gasteiger partial charge >= 0.3 is 16.5 Å². The number of hydrogen-bond acceptors (Lipinski definition) is 8. The molecule has 0 spiro atoms. The van der Waals surface area contributed by atoms with Crippen molar-refractivity contribution >= 4 is 16.5 Å². The van der Waals surface area contributed by atoms with Crippen LogP contribution in [0.25, 0.3) is 0 Å². The van der Waals surface area contributed by atoms with E-state index in [0.29, 0.717) is 43.9 Å². The maximum Gasteiger partial charge on any atom is 0.410 e. The van der Waals surface area contributed by atoms with E-state index in [2.05, 4.69) is 0 Å². The maximum absolute atomic E-state index is 12.2. The molecule has 1 amide bonds. The van der Waals surface area contributed by atoms with E-state index in [4.69, 9.17) is 22.6 Å². The van der Waals surface area contributed by atoms with Crippen LogP contribution < -0.4 is 9.47 Å². The molecule has 174 valence electrons. The standard InChI is InChI=1S/C21H31NO8S/c1-21(2,3)30-20(23)22-9-7-17(8-10-22)29-18-6-5-16(19(12-18)26-4)11-15-13-27-31(24,25)28-14-15/h5-6,12,15,17H,7-11,13-14H2,1-4H3. The number of amides is 1. The molecular weight excluding hydrogens is 426 g/mol. The smallest absolute Gasteiger partial charge is 0.410 e. The van der Waals surface area contributed by atoms with E-state index >= 15 is 0 Å². The predicted octanol–water partition coefficient (Wildman–Crippen LogP) is 2.92. The van der Waals surface area contributed by atoms with Crippen LogP contribution >= 0.6 is 0 Å². The fourth-order valence-electron chi connectivity index (χ4n) is 3.51. The van der Waals surface area contributed by atoms with Gasteiger partial charge in [0.2, 0.25) is 0 Å². The summed E-state index contributed by atoms with van der Waals surface area (Å²) in [7, 11) is -2.27. The molecule has 2 heterocycles. The summed E-state index contributed by atoms with van der Waals surface area (Å²) < 4.78 is 49.0. The Labute approximate surface area is 183 Å². The lowest BCUT2D eigenvalue weighted by Gasteiger charge is -2.33. The summed E-state index contributed by atoms with van der Waals surface area (Å²) >= 11 is 0. The highest BCUT2D eigenvalue weighted by molar-refractivity contribution is 7.81. The van der Waals surface area contributed by atoms with Crippen LogP contribution in [0.5, 0.6) is 11.5 Å². The molecule has 2 aliphatic rings. The quantitative estimate of drug-likeness (QED) is 0.665. The molecule has 10 heteroatoms. The van der Waals surface area contributed by atoms with E-state index in [1.807, 2.05) is 39.0 Å². The summed E-state index contributed by atoms with van der Waals surface area (Å²) in [5.41, 5.74) is 0.415. The minimum atomic E-state index is -3.85. The van der Waals surface area contributed by atoms with Gasteiger partial charge in [-0.15, -0.1) is 0 Å². The normalized spacial score (nSPS) is 20.3. The van der Waals surface area contributed by atoms with Crippen molar-refractivity contribution in [2.24, 2.45) is 5.92 Å². The first-order valence-corrected chi connectivity index (χ1v) is 11.7. The fraction of sp³-hybridized carbons (Fsp3) is 0.667. The number of hydrogen-bond donors (Lipinski definition) is 0. The molecule has 1 aromatic rings. The SMILES string of the molecule is COc1cc(OC2CCN(C(=O)OC(C)(C)C)CC2)ccc1CC1COS(=O)(=O)OC1. The van der Waals surface area contributed by atoms with E-state index in [-0.39, 0.29) is 31.3 Å². The van der Waals surface area contributed by atoms with Gasteiger partial charge in [0.25, 0.3) is 0 Å². The van der Waals surface area contributed by atoms with E-state index < -0.39 is 16.0 Å². The molecule has 0 aromatic heterocycles. The van der Waals surface area contributed by atoms with Gasteiger partial charge in [0, 0.05) is 37.9 Å². The first-order chi connectivity index (χ1) is 14.5. The zero-order valence-electron chi connectivity index (χ0n) is 18.5. The fourth-order valence-corrected chi connectivity index (χ4v) is 4.30. The molecule has 0 aliphatic carbocycles. The van der Waals surface area contributed by atoms with Gasteiger partial charge in [-0.3, -0.25) is 0 Å². The lowest BCUT2D eigenvalue weighted by Crippen LogP contribution is -2.44. The summed E-state index contributed by atoms with van der Waals surface area (Å²) in [6, 6.07) is 5.61. The third-order valence-corrected chi connectivity index (χ3v) is 5.91. The first-order valence-electron chi connectivity index (χ1n) is 10.4. The second-order valence-corrected chi connectivity index (χ2v) is 10.1. The summed E-state index contributed by atoms with van der Waals surface area (Å²) in [5, 5.41) is 0. The van der Waals surface area contributed by atoms with Crippen LogP contribution in [0.1, 0.15) is 39.2 Å². The molecule has 31 heavy (non-hydrogen) atoms. The number of piperidine rings is 1. The lowest BCUT2D eigenvalue weighted by molar-refractivity contribution is 0.0126. The molecule has 0 radical (unpaired) electrons. The molecular formula is C21H31NO8S. The van der Waals surface area contributed by atoms with E-state index in [1.54, 1.807) is 12.0 Å². The summed E-state index contributed by atoms with van der Waals surface area (Å²) in [6.07, 6.45) is 1.70. The van der Waals surface area contributed by atoms with E-state index in [1.165, 1.54) is 0 Å². The number of carbonyl (C=O) groups excluding carboxylic acids is 1. The minimum absolute atomic E-state index is 0.000376. The number of benzene rings is 1. The van der Waals surface area contributed by atoms with Crippen molar-refractivity contribution in [3.63, 3.8) is 0 Å². The third kappa shape index (κ3) is 6.98. The average Bonchev–Trinajstić information content (AvgIpc) is 2.70. The number of rotatable bonds is 5. The molecule has 2 aliphatic heterocycles. The van der Waals surface area contributed by atoms with Gasteiger partial charge in [0.1, 0.15) is 23.2 Å². The van der Waals surface area contributed by atoms with Gasteiger partial charge in [-0.1, -0.05) is 6.07 Å². The third-order valence-electron chi connectivity index (χ3n) is 5.06. The van der Waals surface area contributed by atoms with E-state index in [9.17, 15) is 13.2 Å². The molecule has 2 saturated heterocycles. The van der Waals surface area contributed by atoms with Crippen LogP contribution in [-0.2, 0) is 29.9 Å². The van der Waals surface area contributed by atoms with Gasteiger partial charge in [0.05, 0.1) is 20.3 Å². The monoisotopic (exact) mass is 457 g/mol. The Morgan fingerprint density at radius 1 is 1.16 bits per heavy atom. The largest absolute Gasteiger partial charge is 0.496 e. The lowest BCUT2D eigenvalue weighted by atomic mass is 10.00. The van der Waals surface area contributed by atoms with Crippen LogP contribution in [0.15, 0.2) is 18.2 Å². The van der Waals surface area contributed by atoms with Gasteiger partial charge in [0.15, 0.2) is 0 Å². The van der Waals surface area contributed by atoms with Gasteiger partial charge in [-0.25, -0.2) is 13.2 Å². The van der Waals surface area contributed by atoms with Crippen molar-refractivity contribution in [1.29, 1.82) is 0 Å². The van der Waals surface area contributed by atoms with Crippen LogP contribution in [0.4, 0.5) is 4.79 Å². The molecule has 0 bridgehead atoms. The Morgan fingerprint density at radius 3 is 2.39 bits per heavy atom. The Bertz CT molecular complexity index is 858. The van der Waals surface area contributed by atoms with Crippen molar-refractivity contribution in [3.05, 3.63) is 23.8 Å². The summed E-state index contributed by atoms with van der Waals surface area (Å²) in [4.78, 5) is 13.9. The first kappa shape index (κ1) is 23.6. The molecule has 0 saturated carbocycles. The topological polar surface area (TPSA) is 101 Å². The van der Waals surface area contributed by atoms with Crippen molar-refractivity contribution in [2.45, 2.75) is 51.7 Å². The maximum atomic E-state index is 12.2. The number of ether oxygens (including phenoxy) is 3. The number of methoxy groups -OCH3 is 1. The molecule has 0 atom stereocenters. The van der Waals surface area contributed by atoms with Crippen molar-refractivity contribution in [1.82, 2.24) is 4.90 Å². The average molecular weight is 458 g/mol. The van der Waals surface area contributed by atoms with E-state index in [0.717, 1.165) is 5.56 Å². The Morgan fingerprint density at radius 2 is 1.81 bits per heavy atom. The molecule has 2 fully saturated rings. The minimum Gasteiger partial charge on any atom is -0.496 e. The number of nitrogens with zero attached hydrogens (tertiary/aromatic N) is 1. The summed E-state index contributed by atoms with van der Waals surface area (Å²) in [6.45, 7) is 6.90. The Hall–Kier alpha value is -2.04. The Balaban J connectivity index is 1.53. The molecule has 0 unspecified atom stereocenters. The summed E-state index contributed by atoms with van der Waals surface area (Å²) in [5.74, 6) is 1.27. The van der Waals surface area contributed by atoms with Gasteiger partial charge in [-0.05, 0) is 38.8 Å². The van der Waals surface area contributed by atoms with Crippen LogP contribution in [0.2, 0.25) is 0 Å². The second-order valence-electron chi connectivity index (χ2n) is 8.81. The van der Waals surface area contributed by atoms with Gasteiger partial charge < -0.3 is 19.1 Å². The van der Waals surface area contributed by atoms with Crippen LogP contribution in [-0.4, -0.2) is 64.5 Å². The Kier molecular flexibility index (Phi) is 7.33. The highest BCUT2D eigenvalue weighted by Gasteiger charge is 2.28. The second kappa shape index (κ2) is 9.62. The zero-order chi connectivity index (χ0) is 22.6. The van der Waals surface area contributed by atoms with Gasteiger partial charge in [-0.2, -0.15) is 8.42 Å². The molecule has 1 aromatic carbocycles. The highest BCUT2D eigenvalue weighted by Crippen LogP contribution is 2.30. The van der Waals surface area contributed by atoms with Crippen LogP contribution in [0.3, 0.4) is 0 Å². The molecule has 3 rings (SSSR count). The number of carbonyl (C=O) groups is 1. The highest BCUT2D eigenvalue weighted by atomic mass is 32.3. The van der Waals surface area contributed by atoms with Crippen LogP contribution in [0, 0.1) is 5.92 Å². The zero-order valence-corrected chi connectivity index (χ0v) is 19.3. The molecule has 9 nitrogen and oxygen atoms in total. The number of likely N-dealkylation sites (tertiary alicyclic amines) is 1.